The maximum atomic E-state index is 7.01. The lowest BCUT2D eigenvalue weighted by atomic mass is 9.62. The summed E-state index contributed by atoms with van der Waals surface area (Å²) in [5.41, 5.74) is 8.45. The first kappa shape index (κ1) is 13.6. The van der Waals surface area contributed by atoms with E-state index in [1.807, 2.05) is 11.3 Å². The van der Waals surface area contributed by atoms with Gasteiger partial charge < -0.3 is 5.73 Å². The Hall–Kier alpha value is -0.340. The first-order valence-corrected chi connectivity index (χ1v) is 8.93. The van der Waals surface area contributed by atoms with E-state index in [1.54, 1.807) is 0 Å². The molecule has 0 aromatic carbocycles. The zero-order valence-corrected chi connectivity index (χ0v) is 13.0. The molecular formula is C17H27NS. The minimum absolute atomic E-state index is 0.0235. The van der Waals surface area contributed by atoms with E-state index in [9.17, 15) is 0 Å². The van der Waals surface area contributed by atoms with Crippen molar-refractivity contribution in [3.63, 3.8) is 0 Å². The van der Waals surface area contributed by atoms with Crippen LogP contribution in [0.5, 0.6) is 0 Å². The number of hydrogen-bond donors (Lipinski definition) is 1. The zero-order chi connectivity index (χ0) is 13.3. The lowest BCUT2D eigenvalue weighted by Gasteiger charge is -2.46. The van der Waals surface area contributed by atoms with Gasteiger partial charge in [0, 0.05) is 10.4 Å². The average Bonchev–Trinajstić information content (AvgIpc) is 2.87. The quantitative estimate of drug-likeness (QED) is 0.810. The number of thiophene rings is 1. The Morgan fingerprint density at radius 3 is 2.53 bits per heavy atom. The van der Waals surface area contributed by atoms with Gasteiger partial charge in [-0.3, -0.25) is 0 Å². The summed E-state index contributed by atoms with van der Waals surface area (Å²) < 4.78 is 0. The van der Waals surface area contributed by atoms with Crippen LogP contribution in [0.25, 0.3) is 0 Å². The second-order valence-electron chi connectivity index (χ2n) is 6.68. The Morgan fingerprint density at radius 2 is 1.84 bits per heavy atom. The summed E-state index contributed by atoms with van der Waals surface area (Å²) in [6.07, 6.45) is 12.4. The first-order valence-electron chi connectivity index (χ1n) is 8.05. The van der Waals surface area contributed by atoms with Gasteiger partial charge in [-0.15, -0.1) is 11.3 Å². The van der Waals surface area contributed by atoms with Crippen LogP contribution in [0.3, 0.4) is 0 Å². The molecule has 2 fully saturated rings. The van der Waals surface area contributed by atoms with Crippen molar-refractivity contribution in [3.8, 4) is 0 Å². The fourth-order valence-corrected chi connectivity index (χ4v) is 5.41. The van der Waals surface area contributed by atoms with Gasteiger partial charge in [0.15, 0.2) is 0 Å². The highest BCUT2D eigenvalue weighted by Crippen LogP contribution is 2.48. The van der Waals surface area contributed by atoms with Crippen LogP contribution in [0.1, 0.15) is 68.2 Å². The summed E-state index contributed by atoms with van der Waals surface area (Å²) in [5.74, 6) is 1.62. The lowest BCUT2D eigenvalue weighted by Crippen LogP contribution is -2.49. The zero-order valence-electron chi connectivity index (χ0n) is 12.2. The molecule has 2 atom stereocenters. The molecular weight excluding hydrogens is 250 g/mol. The molecule has 2 aliphatic rings. The molecule has 1 aromatic rings. The molecule has 0 saturated heterocycles. The highest BCUT2D eigenvalue weighted by molar-refractivity contribution is 7.10. The van der Waals surface area contributed by atoms with Gasteiger partial charge in [0.2, 0.25) is 0 Å². The summed E-state index contributed by atoms with van der Waals surface area (Å²) in [6, 6.07) is 2.31. The van der Waals surface area contributed by atoms with E-state index in [0.29, 0.717) is 0 Å². The smallest absolute Gasteiger partial charge is 0.0451 e. The Bertz CT molecular complexity index is 419. The van der Waals surface area contributed by atoms with Gasteiger partial charge in [0.05, 0.1) is 0 Å². The van der Waals surface area contributed by atoms with Gasteiger partial charge in [-0.1, -0.05) is 44.9 Å². The molecule has 19 heavy (non-hydrogen) atoms. The van der Waals surface area contributed by atoms with Crippen LogP contribution >= 0.6 is 11.3 Å². The van der Waals surface area contributed by atoms with E-state index in [0.717, 1.165) is 11.8 Å². The summed E-state index contributed by atoms with van der Waals surface area (Å²) in [6.45, 7) is 2.25. The normalized spacial score (nSPS) is 33.5. The molecule has 1 heterocycles. The van der Waals surface area contributed by atoms with Gasteiger partial charge in [-0.05, 0) is 48.6 Å². The van der Waals surface area contributed by atoms with Crippen molar-refractivity contribution < 1.29 is 0 Å². The van der Waals surface area contributed by atoms with Crippen molar-refractivity contribution >= 4 is 11.3 Å². The van der Waals surface area contributed by atoms with Crippen LogP contribution in [-0.4, -0.2) is 0 Å². The molecule has 3 rings (SSSR count). The largest absolute Gasteiger partial charge is 0.321 e. The van der Waals surface area contributed by atoms with Crippen LogP contribution in [0, 0.1) is 18.8 Å². The lowest BCUT2D eigenvalue weighted by molar-refractivity contribution is 0.0985. The van der Waals surface area contributed by atoms with Crippen LogP contribution < -0.4 is 5.73 Å². The third kappa shape index (κ3) is 2.50. The van der Waals surface area contributed by atoms with Crippen molar-refractivity contribution in [1.29, 1.82) is 0 Å². The SMILES string of the molecule is Cc1sccc1C1(N)CCCCC1C1CCCCC1. The van der Waals surface area contributed by atoms with Crippen molar-refractivity contribution in [2.75, 3.05) is 0 Å². The molecule has 0 aliphatic heterocycles. The van der Waals surface area contributed by atoms with Gasteiger partial charge in [0.25, 0.3) is 0 Å². The van der Waals surface area contributed by atoms with Crippen molar-refractivity contribution in [2.45, 2.75) is 70.3 Å². The van der Waals surface area contributed by atoms with E-state index in [4.69, 9.17) is 5.73 Å². The Balaban J connectivity index is 1.89. The molecule has 1 aromatic heterocycles. The minimum Gasteiger partial charge on any atom is -0.321 e. The van der Waals surface area contributed by atoms with E-state index >= 15 is 0 Å². The number of hydrogen-bond acceptors (Lipinski definition) is 2. The second-order valence-corrected chi connectivity index (χ2v) is 7.80. The third-order valence-corrected chi connectivity index (χ3v) is 6.44. The fourth-order valence-electron chi connectivity index (χ4n) is 4.62. The average molecular weight is 277 g/mol. The maximum Gasteiger partial charge on any atom is 0.0451 e. The van der Waals surface area contributed by atoms with E-state index < -0.39 is 0 Å². The molecule has 2 unspecified atom stereocenters. The molecule has 0 amide bonds. The molecule has 106 valence electrons. The van der Waals surface area contributed by atoms with Gasteiger partial charge >= 0.3 is 0 Å². The maximum absolute atomic E-state index is 7.01. The summed E-state index contributed by atoms with van der Waals surface area (Å²) >= 11 is 1.87. The monoisotopic (exact) mass is 277 g/mol. The molecule has 2 N–H and O–H groups in total. The second kappa shape index (κ2) is 5.57. The van der Waals surface area contributed by atoms with E-state index in [1.165, 1.54) is 68.2 Å². The minimum atomic E-state index is -0.0235. The van der Waals surface area contributed by atoms with E-state index in [2.05, 4.69) is 18.4 Å². The van der Waals surface area contributed by atoms with Crippen molar-refractivity contribution in [3.05, 3.63) is 21.9 Å². The molecule has 1 nitrogen and oxygen atoms in total. The molecule has 2 aliphatic carbocycles. The van der Waals surface area contributed by atoms with Crippen LogP contribution in [0.4, 0.5) is 0 Å². The number of aryl methyl sites for hydroxylation is 1. The Labute approximate surface area is 121 Å². The fraction of sp³-hybridized carbons (Fsp3) is 0.765. The first-order chi connectivity index (χ1) is 9.22. The van der Waals surface area contributed by atoms with Gasteiger partial charge in [-0.25, -0.2) is 0 Å². The van der Waals surface area contributed by atoms with Crippen LogP contribution in [0.2, 0.25) is 0 Å². The summed E-state index contributed by atoms with van der Waals surface area (Å²) in [7, 11) is 0. The van der Waals surface area contributed by atoms with Crippen LogP contribution in [0.15, 0.2) is 11.4 Å². The van der Waals surface area contributed by atoms with Crippen molar-refractivity contribution in [1.82, 2.24) is 0 Å². The molecule has 0 bridgehead atoms. The topological polar surface area (TPSA) is 26.0 Å². The Morgan fingerprint density at radius 1 is 1.11 bits per heavy atom. The molecule has 2 heteroatoms. The van der Waals surface area contributed by atoms with Gasteiger partial charge in [-0.2, -0.15) is 0 Å². The summed E-state index contributed by atoms with van der Waals surface area (Å²) in [5, 5.41) is 2.23. The standard InChI is InChI=1S/C17H27NS/c1-13-15(10-12-19-13)17(18)11-6-5-9-16(17)14-7-3-2-4-8-14/h10,12,14,16H,2-9,11,18H2,1H3. The number of nitrogens with two attached hydrogens (primary N) is 1. The van der Waals surface area contributed by atoms with Gasteiger partial charge in [0.1, 0.15) is 0 Å². The predicted molar refractivity (Wildman–Crippen MR) is 83.5 cm³/mol. The third-order valence-electron chi connectivity index (χ3n) is 5.60. The molecule has 0 radical (unpaired) electrons. The van der Waals surface area contributed by atoms with E-state index in [-0.39, 0.29) is 5.54 Å². The van der Waals surface area contributed by atoms with Crippen LogP contribution in [-0.2, 0) is 5.54 Å². The molecule has 2 saturated carbocycles. The predicted octanol–water partition coefficient (Wildman–Crippen LogP) is 4.98. The highest BCUT2D eigenvalue weighted by atomic mass is 32.1. The van der Waals surface area contributed by atoms with Crippen molar-refractivity contribution in [2.24, 2.45) is 17.6 Å². The highest BCUT2D eigenvalue weighted by Gasteiger charge is 2.43. The summed E-state index contributed by atoms with van der Waals surface area (Å²) in [4.78, 5) is 1.45. The number of rotatable bonds is 2. The molecule has 0 spiro atoms. The Kier molecular flexibility index (Phi) is 4.00.